The first kappa shape index (κ1) is 15.5. The lowest BCUT2D eigenvalue weighted by Crippen LogP contribution is -2.34. The first-order valence-corrected chi connectivity index (χ1v) is 9.54. The largest absolute Gasteiger partial charge is 0.293 e. The summed E-state index contributed by atoms with van der Waals surface area (Å²) in [4.78, 5) is 13.1. The number of carbonyl (C=O) groups excluding carboxylic acids is 1. The van der Waals surface area contributed by atoms with Crippen LogP contribution in [-0.4, -0.2) is 31.6 Å². The van der Waals surface area contributed by atoms with Crippen molar-refractivity contribution in [2.45, 2.75) is 18.2 Å². The predicted molar refractivity (Wildman–Crippen MR) is 91.3 cm³/mol. The number of hydrogen-bond acceptors (Lipinski definition) is 3. The molecule has 5 heteroatoms. The summed E-state index contributed by atoms with van der Waals surface area (Å²) in [6, 6.07) is 16.1. The number of nitrogens with zero attached hydrogens (tertiary/aromatic N) is 1. The molecule has 0 amide bonds. The Bertz CT molecular complexity index is 890. The highest BCUT2D eigenvalue weighted by Crippen LogP contribution is 2.60. The number of fused-ring (bicyclic) bond motifs is 1. The van der Waals surface area contributed by atoms with E-state index in [-0.39, 0.29) is 11.7 Å². The van der Waals surface area contributed by atoms with Gasteiger partial charge < -0.3 is 0 Å². The fraction of sp³-hybridized carbons (Fsp3) is 0.316. The molecular formula is C19H19NO3S. The number of benzene rings is 2. The predicted octanol–water partition coefficient (Wildman–Crippen LogP) is 2.89. The number of carbonyl (C=O) groups is 1. The van der Waals surface area contributed by atoms with Crippen LogP contribution >= 0.6 is 0 Å². The molecule has 2 atom stereocenters. The molecule has 0 spiro atoms. The van der Waals surface area contributed by atoms with Crippen molar-refractivity contribution >= 4 is 15.8 Å². The van der Waals surface area contributed by atoms with E-state index in [2.05, 4.69) is 0 Å². The van der Waals surface area contributed by atoms with Crippen molar-refractivity contribution in [1.82, 2.24) is 4.31 Å². The second-order valence-corrected chi connectivity index (χ2v) is 8.80. The Morgan fingerprint density at radius 2 is 1.75 bits per heavy atom. The van der Waals surface area contributed by atoms with Crippen LogP contribution in [0.3, 0.4) is 0 Å². The molecule has 1 heterocycles. The third kappa shape index (κ3) is 2.31. The zero-order valence-corrected chi connectivity index (χ0v) is 14.3. The van der Waals surface area contributed by atoms with E-state index in [4.69, 9.17) is 0 Å². The minimum absolute atomic E-state index is 0.0784. The number of ketones is 1. The fourth-order valence-corrected chi connectivity index (χ4v) is 5.26. The molecule has 2 unspecified atom stereocenters. The average Bonchev–Trinajstić information content (AvgIpc) is 3.16. The van der Waals surface area contributed by atoms with Crippen LogP contribution in [0.4, 0.5) is 0 Å². The van der Waals surface area contributed by atoms with E-state index < -0.39 is 15.4 Å². The SMILES string of the molecule is Cc1ccc(S(=O)(=O)N2CC3CC3(C(=O)c3ccccc3)C2)cc1. The van der Waals surface area contributed by atoms with Gasteiger partial charge in [-0.15, -0.1) is 0 Å². The highest BCUT2D eigenvalue weighted by atomic mass is 32.2. The second kappa shape index (κ2) is 5.26. The van der Waals surface area contributed by atoms with E-state index >= 15 is 0 Å². The molecule has 2 aromatic carbocycles. The van der Waals surface area contributed by atoms with Crippen LogP contribution in [0.1, 0.15) is 22.3 Å². The van der Waals surface area contributed by atoms with Gasteiger partial charge in [0.1, 0.15) is 0 Å². The number of aryl methyl sites for hydroxylation is 1. The normalized spacial score (nSPS) is 26.1. The summed E-state index contributed by atoms with van der Waals surface area (Å²) in [5.41, 5.74) is 1.18. The van der Waals surface area contributed by atoms with Crippen molar-refractivity contribution < 1.29 is 13.2 Å². The molecule has 24 heavy (non-hydrogen) atoms. The lowest BCUT2D eigenvalue weighted by Gasteiger charge is -2.20. The minimum atomic E-state index is -3.53. The molecule has 1 saturated heterocycles. The Balaban J connectivity index is 1.59. The van der Waals surface area contributed by atoms with E-state index in [9.17, 15) is 13.2 Å². The molecule has 0 bridgehead atoms. The molecule has 1 saturated carbocycles. The maximum atomic E-state index is 12.8. The monoisotopic (exact) mass is 341 g/mol. The summed E-state index contributed by atoms with van der Waals surface area (Å²) < 4.78 is 27.1. The third-order valence-electron chi connectivity index (χ3n) is 5.26. The maximum absolute atomic E-state index is 12.8. The van der Waals surface area contributed by atoms with Crippen LogP contribution in [-0.2, 0) is 10.0 Å². The molecule has 1 aliphatic carbocycles. The van der Waals surface area contributed by atoms with Crippen molar-refractivity contribution in [2.75, 3.05) is 13.1 Å². The van der Waals surface area contributed by atoms with Gasteiger partial charge in [0.2, 0.25) is 10.0 Å². The summed E-state index contributed by atoms with van der Waals surface area (Å²) in [6.07, 6.45) is 0.792. The molecule has 1 aliphatic heterocycles. The van der Waals surface area contributed by atoms with Crippen LogP contribution in [0, 0.1) is 18.3 Å². The molecular weight excluding hydrogens is 322 g/mol. The molecule has 124 valence electrons. The quantitative estimate of drug-likeness (QED) is 0.804. The van der Waals surface area contributed by atoms with Crippen molar-refractivity contribution in [2.24, 2.45) is 11.3 Å². The average molecular weight is 341 g/mol. The van der Waals surface area contributed by atoms with Gasteiger partial charge in [0, 0.05) is 18.7 Å². The first-order valence-electron chi connectivity index (χ1n) is 8.10. The van der Waals surface area contributed by atoms with Gasteiger partial charge in [-0.25, -0.2) is 8.42 Å². The Hall–Kier alpha value is -1.98. The number of piperidine rings is 1. The molecule has 4 nitrogen and oxygen atoms in total. The van der Waals surface area contributed by atoms with Crippen LogP contribution in [0.25, 0.3) is 0 Å². The molecule has 4 rings (SSSR count). The third-order valence-corrected chi connectivity index (χ3v) is 7.09. The minimum Gasteiger partial charge on any atom is -0.293 e. The van der Waals surface area contributed by atoms with Gasteiger partial charge >= 0.3 is 0 Å². The van der Waals surface area contributed by atoms with Crippen molar-refractivity contribution in [1.29, 1.82) is 0 Å². The maximum Gasteiger partial charge on any atom is 0.243 e. The fourth-order valence-electron chi connectivity index (χ4n) is 3.71. The Morgan fingerprint density at radius 1 is 1.08 bits per heavy atom. The number of rotatable bonds is 4. The second-order valence-electron chi connectivity index (χ2n) is 6.86. The van der Waals surface area contributed by atoms with Gasteiger partial charge in [0.25, 0.3) is 0 Å². The summed E-state index contributed by atoms with van der Waals surface area (Å²) >= 11 is 0. The molecule has 2 aromatic rings. The zero-order valence-electron chi connectivity index (χ0n) is 13.5. The summed E-state index contributed by atoms with van der Waals surface area (Å²) in [5, 5.41) is 0. The molecule has 2 fully saturated rings. The van der Waals surface area contributed by atoms with Gasteiger partial charge in [-0.05, 0) is 31.4 Å². The highest BCUT2D eigenvalue weighted by molar-refractivity contribution is 7.89. The Kier molecular flexibility index (Phi) is 3.41. The van der Waals surface area contributed by atoms with Gasteiger partial charge in [-0.1, -0.05) is 48.0 Å². The van der Waals surface area contributed by atoms with Gasteiger partial charge in [0.05, 0.1) is 10.3 Å². The standard InChI is InChI=1S/C19H19NO3S/c1-14-7-9-17(10-8-14)24(22,23)20-12-16-11-19(16,13-20)18(21)15-5-3-2-4-6-15/h2-10,16H,11-13H2,1H3. The smallest absolute Gasteiger partial charge is 0.243 e. The Morgan fingerprint density at radius 3 is 2.42 bits per heavy atom. The number of sulfonamides is 1. The first-order chi connectivity index (χ1) is 11.4. The van der Waals surface area contributed by atoms with Gasteiger partial charge in [0.15, 0.2) is 5.78 Å². The van der Waals surface area contributed by atoms with Gasteiger partial charge in [-0.3, -0.25) is 4.79 Å². The van der Waals surface area contributed by atoms with E-state index in [0.717, 1.165) is 12.0 Å². The van der Waals surface area contributed by atoms with Crippen molar-refractivity contribution in [3.63, 3.8) is 0 Å². The zero-order chi connectivity index (χ0) is 16.9. The van der Waals surface area contributed by atoms with E-state index in [0.29, 0.717) is 23.5 Å². The van der Waals surface area contributed by atoms with Crippen molar-refractivity contribution in [3.8, 4) is 0 Å². The lowest BCUT2D eigenvalue weighted by molar-refractivity contribution is 0.0897. The molecule has 0 N–H and O–H groups in total. The molecule has 0 aromatic heterocycles. The van der Waals surface area contributed by atoms with Crippen molar-refractivity contribution in [3.05, 3.63) is 65.7 Å². The number of hydrogen-bond donors (Lipinski definition) is 0. The van der Waals surface area contributed by atoms with Gasteiger partial charge in [-0.2, -0.15) is 4.31 Å². The summed E-state index contributed by atoms with van der Waals surface area (Å²) in [7, 11) is -3.53. The van der Waals surface area contributed by atoms with Crippen LogP contribution in [0.15, 0.2) is 59.5 Å². The van der Waals surface area contributed by atoms with Crippen LogP contribution in [0.5, 0.6) is 0 Å². The number of Topliss-reactive ketones (excluding diaryl/α,β-unsaturated/α-hetero) is 1. The van der Waals surface area contributed by atoms with E-state index in [1.807, 2.05) is 37.3 Å². The van der Waals surface area contributed by atoms with Crippen LogP contribution < -0.4 is 0 Å². The van der Waals surface area contributed by atoms with E-state index in [1.54, 1.807) is 24.3 Å². The highest BCUT2D eigenvalue weighted by Gasteiger charge is 2.66. The lowest BCUT2D eigenvalue weighted by atomic mass is 9.94. The Labute approximate surface area is 142 Å². The molecule has 0 radical (unpaired) electrons. The summed E-state index contributed by atoms with van der Waals surface area (Å²) in [5.74, 6) is 0.222. The molecule has 2 aliphatic rings. The van der Waals surface area contributed by atoms with Crippen LogP contribution in [0.2, 0.25) is 0 Å². The summed E-state index contributed by atoms with van der Waals surface area (Å²) in [6.45, 7) is 2.66. The topological polar surface area (TPSA) is 54.5 Å². The van der Waals surface area contributed by atoms with E-state index in [1.165, 1.54) is 4.31 Å².